The highest BCUT2D eigenvalue weighted by Crippen LogP contribution is 2.24. The maximum Gasteiger partial charge on any atom is 0.313 e. The minimum atomic E-state index is -0.933. The molecule has 0 aliphatic carbocycles. The first-order chi connectivity index (χ1) is 13.0. The molecule has 0 unspecified atom stereocenters. The highest BCUT2D eigenvalue weighted by Gasteiger charge is 2.19. The molecule has 0 aromatic heterocycles. The fourth-order valence-electron chi connectivity index (χ4n) is 2.59. The summed E-state index contributed by atoms with van der Waals surface area (Å²) in [6.07, 6.45) is 0.567. The predicted molar refractivity (Wildman–Crippen MR) is 105 cm³/mol. The van der Waals surface area contributed by atoms with Gasteiger partial charge in [0.25, 0.3) is 0 Å². The molecular formula is C19H15N3O4S. The van der Waals surface area contributed by atoms with E-state index in [0.717, 1.165) is 17.3 Å². The van der Waals surface area contributed by atoms with Gasteiger partial charge in [-0.25, -0.2) is 0 Å². The summed E-state index contributed by atoms with van der Waals surface area (Å²) >= 11 is 1.10. The van der Waals surface area contributed by atoms with E-state index in [0.29, 0.717) is 28.3 Å². The predicted octanol–water partition coefficient (Wildman–Crippen LogP) is 3.83. The number of carboxylic acid groups (broad SMARTS) is 1. The van der Waals surface area contributed by atoms with Crippen molar-refractivity contribution >= 4 is 40.0 Å². The Morgan fingerprint density at radius 1 is 1.11 bits per heavy atom. The molecule has 27 heavy (non-hydrogen) atoms. The lowest BCUT2D eigenvalue weighted by atomic mass is 9.98. The number of Topliss-reactive ketones (excluding diaryl/α,β-unsaturated/α-hetero) is 1. The van der Waals surface area contributed by atoms with Crippen LogP contribution in [0.25, 0.3) is 0 Å². The van der Waals surface area contributed by atoms with Gasteiger partial charge in [0.1, 0.15) is 10.7 Å². The molecule has 1 aliphatic heterocycles. The van der Waals surface area contributed by atoms with Crippen molar-refractivity contribution in [2.45, 2.75) is 12.8 Å². The van der Waals surface area contributed by atoms with Crippen LogP contribution in [0.3, 0.4) is 0 Å². The Bertz CT molecular complexity index is 955. The molecule has 0 bridgehead atoms. The smallest absolute Gasteiger partial charge is 0.313 e. The number of carbonyl (C=O) groups excluding carboxylic acids is 1. The van der Waals surface area contributed by atoms with Gasteiger partial charge in [0.15, 0.2) is 5.78 Å². The van der Waals surface area contributed by atoms with Gasteiger partial charge < -0.3 is 5.11 Å². The number of hydrogen-bond acceptors (Lipinski definition) is 7. The number of hydrogen-bond donors (Lipinski definition) is 1. The third-order valence-corrected chi connectivity index (χ3v) is 4.80. The second kappa shape index (κ2) is 8.50. The summed E-state index contributed by atoms with van der Waals surface area (Å²) in [6, 6.07) is 14.0. The Kier molecular flexibility index (Phi) is 5.87. The van der Waals surface area contributed by atoms with Crippen molar-refractivity contribution in [3.63, 3.8) is 0 Å². The van der Waals surface area contributed by atoms with Gasteiger partial charge in [0.2, 0.25) is 0 Å². The number of aliphatic carboxylic acids is 1. The maximum atomic E-state index is 12.6. The molecule has 2 aromatic rings. The van der Waals surface area contributed by atoms with E-state index in [9.17, 15) is 14.5 Å². The first kappa shape index (κ1) is 18.7. The van der Waals surface area contributed by atoms with Crippen LogP contribution in [0.15, 0.2) is 63.9 Å². The second-order valence-corrected chi connectivity index (χ2v) is 6.89. The summed E-state index contributed by atoms with van der Waals surface area (Å²) < 4.78 is 0. The monoisotopic (exact) mass is 381 g/mol. The average molecular weight is 381 g/mol. The highest BCUT2D eigenvalue weighted by atomic mass is 32.2. The molecule has 7 nitrogen and oxygen atoms in total. The van der Waals surface area contributed by atoms with Crippen LogP contribution in [0.2, 0.25) is 0 Å². The average Bonchev–Trinajstić information content (AvgIpc) is 3.16. The molecule has 1 N–H and O–H groups in total. The van der Waals surface area contributed by atoms with Gasteiger partial charge in [-0.15, -0.1) is 10.0 Å². The fraction of sp³-hybridized carbons (Fsp3) is 0.158. The Balaban J connectivity index is 1.77. The molecule has 0 fully saturated rings. The van der Waals surface area contributed by atoms with Crippen molar-refractivity contribution in [2.75, 3.05) is 5.75 Å². The molecule has 136 valence electrons. The van der Waals surface area contributed by atoms with Crippen molar-refractivity contribution in [1.29, 1.82) is 0 Å². The van der Waals surface area contributed by atoms with Crippen molar-refractivity contribution in [2.24, 2.45) is 15.4 Å². The Hall–Kier alpha value is -3.13. The first-order valence-electron chi connectivity index (χ1n) is 8.09. The molecule has 3 rings (SSSR count). The van der Waals surface area contributed by atoms with E-state index in [1.165, 1.54) is 6.07 Å². The molecule has 1 heterocycles. The third kappa shape index (κ3) is 4.95. The van der Waals surface area contributed by atoms with Gasteiger partial charge in [0.05, 0.1) is 11.5 Å². The van der Waals surface area contributed by atoms with Gasteiger partial charge in [-0.05, 0) is 28.9 Å². The largest absolute Gasteiger partial charge is 0.481 e. The molecule has 0 radical (unpaired) electrons. The zero-order chi connectivity index (χ0) is 19.2. The Labute approximate surface area is 159 Å². The number of thioether (sulfide) groups is 1. The van der Waals surface area contributed by atoms with Crippen LogP contribution in [0.1, 0.15) is 27.9 Å². The van der Waals surface area contributed by atoms with Crippen molar-refractivity contribution < 1.29 is 14.7 Å². The normalized spacial score (nSPS) is 13.0. The molecule has 2 aromatic carbocycles. The van der Waals surface area contributed by atoms with Crippen molar-refractivity contribution in [3.8, 4) is 0 Å². The topological polar surface area (TPSA) is 109 Å². The molecule has 0 spiro atoms. The number of carbonyl (C=O) groups is 2. The number of ketones is 1. The van der Waals surface area contributed by atoms with Gasteiger partial charge in [-0.1, -0.05) is 42.1 Å². The standard InChI is InChI=1S/C19H15N3O4S/c23-17(6-12-4-2-1-3-5-12)14-7-13(8-15(9-14)22-26)16-10-18(21-20-16)27-11-19(24)25/h1-5,7-9H,6,10-11H2,(H,24,25). The summed E-state index contributed by atoms with van der Waals surface area (Å²) in [4.78, 5) is 34.3. The molecule has 8 heteroatoms. The number of nitroso groups, excluding NO2 is 1. The van der Waals surface area contributed by atoms with Crippen LogP contribution in [-0.2, 0) is 11.2 Å². The number of rotatable bonds is 7. The molecule has 0 saturated carbocycles. The second-order valence-electron chi connectivity index (χ2n) is 5.85. The SMILES string of the molecule is O=Nc1cc(C(=O)Cc2ccccc2)cc(C2=NN=C(SCC(=O)O)C2)c1. The quantitative estimate of drug-likeness (QED) is 0.579. The molecule has 0 saturated heterocycles. The molecule has 0 atom stereocenters. The van der Waals surface area contributed by atoms with E-state index in [-0.39, 0.29) is 23.6 Å². The lowest BCUT2D eigenvalue weighted by Gasteiger charge is -2.06. The summed E-state index contributed by atoms with van der Waals surface area (Å²) in [5, 5.41) is 20.3. The molecule has 0 amide bonds. The van der Waals surface area contributed by atoms with E-state index < -0.39 is 5.97 Å². The van der Waals surface area contributed by atoms with Crippen LogP contribution in [0.4, 0.5) is 5.69 Å². The number of carboxylic acids is 1. The van der Waals surface area contributed by atoms with E-state index >= 15 is 0 Å². The lowest BCUT2D eigenvalue weighted by Crippen LogP contribution is -2.08. The zero-order valence-corrected chi connectivity index (χ0v) is 15.0. The Morgan fingerprint density at radius 3 is 2.59 bits per heavy atom. The first-order valence-corrected chi connectivity index (χ1v) is 9.07. The minimum Gasteiger partial charge on any atom is -0.481 e. The summed E-state index contributed by atoms with van der Waals surface area (Å²) in [6.45, 7) is 0. The third-order valence-electron chi connectivity index (χ3n) is 3.85. The van der Waals surface area contributed by atoms with Crippen molar-refractivity contribution in [3.05, 3.63) is 70.1 Å². The van der Waals surface area contributed by atoms with Crippen molar-refractivity contribution in [1.82, 2.24) is 0 Å². The van der Waals surface area contributed by atoms with E-state index in [2.05, 4.69) is 15.4 Å². The van der Waals surface area contributed by atoms with Gasteiger partial charge >= 0.3 is 5.97 Å². The van der Waals surface area contributed by atoms with Crippen LogP contribution in [0, 0.1) is 4.91 Å². The minimum absolute atomic E-state index is 0.0988. The Morgan fingerprint density at radius 2 is 1.89 bits per heavy atom. The van der Waals surface area contributed by atoms with E-state index in [1.807, 2.05) is 30.3 Å². The molecular weight excluding hydrogens is 366 g/mol. The molecule has 1 aliphatic rings. The lowest BCUT2D eigenvalue weighted by molar-refractivity contribution is -0.133. The number of nitrogens with zero attached hydrogens (tertiary/aromatic N) is 3. The number of benzene rings is 2. The van der Waals surface area contributed by atoms with E-state index in [1.54, 1.807) is 12.1 Å². The maximum absolute atomic E-state index is 12.6. The summed E-state index contributed by atoms with van der Waals surface area (Å²) in [5.74, 6) is -1.16. The van der Waals surface area contributed by atoms with Crippen LogP contribution < -0.4 is 0 Å². The zero-order valence-electron chi connectivity index (χ0n) is 14.2. The van der Waals surface area contributed by atoms with Gasteiger partial charge in [-0.2, -0.15) is 5.10 Å². The van der Waals surface area contributed by atoms with Gasteiger partial charge in [0, 0.05) is 24.0 Å². The summed E-state index contributed by atoms with van der Waals surface area (Å²) in [7, 11) is 0. The highest BCUT2D eigenvalue weighted by molar-refractivity contribution is 8.14. The van der Waals surface area contributed by atoms with Crippen LogP contribution >= 0.6 is 11.8 Å². The fourth-order valence-corrected chi connectivity index (χ4v) is 3.22. The van der Waals surface area contributed by atoms with E-state index in [4.69, 9.17) is 5.11 Å². The van der Waals surface area contributed by atoms with Crippen LogP contribution in [0.5, 0.6) is 0 Å². The van der Waals surface area contributed by atoms with Gasteiger partial charge in [-0.3, -0.25) is 9.59 Å². The van der Waals surface area contributed by atoms with Crippen LogP contribution in [-0.4, -0.2) is 33.4 Å². The summed E-state index contributed by atoms with van der Waals surface area (Å²) in [5.41, 5.74) is 2.54.